The van der Waals surface area contributed by atoms with Crippen molar-refractivity contribution in [3.63, 3.8) is 0 Å². The summed E-state index contributed by atoms with van der Waals surface area (Å²) in [5.74, 6) is -1.22. The Morgan fingerprint density at radius 1 is 1.50 bits per heavy atom. The fourth-order valence-electron chi connectivity index (χ4n) is 1.32. The topological polar surface area (TPSA) is 69.1 Å². The Bertz CT molecular complexity index is 354. The molecule has 0 radical (unpaired) electrons. The third-order valence-corrected chi connectivity index (χ3v) is 2.35. The quantitative estimate of drug-likeness (QED) is 0.753. The maximum atomic E-state index is 13.3. The molecule has 0 aliphatic heterocycles. The zero-order chi connectivity index (χ0) is 10.8. The molecule has 76 valence electrons. The zero-order valence-corrected chi connectivity index (χ0v) is 7.96. The van der Waals surface area contributed by atoms with Gasteiger partial charge < -0.3 is 11.5 Å². The molecule has 4 heteroatoms. The van der Waals surface area contributed by atoms with Crippen molar-refractivity contribution in [1.82, 2.24) is 0 Å². The molecule has 1 unspecified atom stereocenters. The van der Waals surface area contributed by atoms with Crippen LogP contribution in [0.25, 0.3) is 0 Å². The van der Waals surface area contributed by atoms with E-state index in [-0.39, 0.29) is 12.0 Å². The summed E-state index contributed by atoms with van der Waals surface area (Å²) in [7, 11) is 0. The van der Waals surface area contributed by atoms with Crippen molar-refractivity contribution >= 4 is 5.91 Å². The number of carbonyl (C=O) groups excluding carboxylic acids is 1. The van der Waals surface area contributed by atoms with Crippen LogP contribution in [0.1, 0.15) is 18.9 Å². The van der Waals surface area contributed by atoms with Crippen LogP contribution in [0.2, 0.25) is 0 Å². The second-order valence-electron chi connectivity index (χ2n) is 3.17. The van der Waals surface area contributed by atoms with E-state index in [2.05, 4.69) is 0 Å². The van der Waals surface area contributed by atoms with Gasteiger partial charge in [-0.25, -0.2) is 4.39 Å². The van der Waals surface area contributed by atoms with Crippen LogP contribution in [0, 0.1) is 5.82 Å². The summed E-state index contributed by atoms with van der Waals surface area (Å²) in [5, 5.41) is 0. The highest BCUT2D eigenvalue weighted by Crippen LogP contribution is 2.23. The van der Waals surface area contributed by atoms with Crippen LogP contribution >= 0.6 is 0 Å². The van der Waals surface area contributed by atoms with E-state index in [0.717, 1.165) is 0 Å². The van der Waals surface area contributed by atoms with E-state index in [4.69, 9.17) is 11.5 Å². The summed E-state index contributed by atoms with van der Waals surface area (Å²) < 4.78 is 13.3. The van der Waals surface area contributed by atoms with Crippen molar-refractivity contribution in [2.45, 2.75) is 18.9 Å². The van der Waals surface area contributed by atoms with Crippen molar-refractivity contribution in [3.8, 4) is 0 Å². The van der Waals surface area contributed by atoms with Crippen molar-refractivity contribution in [1.29, 1.82) is 0 Å². The lowest BCUT2D eigenvalue weighted by Gasteiger charge is -2.24. The molecule has 1 aromatic carbocycles. The molecule has 1 aromatic rings. The molecule has 1 amide bonds. The number of hydrogen-bond acceptors (Lipinski definition) is 2. The average Bonchev–Trinajstić information content (AvgIpc) is 2.17. The summed E-state index contributed by atoms with van der Waals surface area (Å²) in [6.45, 7) is 1.69. The maximum Gasteiger partial charge on any atom is 0.242 e. The lowest BCUT2D eigenvalue weighted by atomic mass is 9.87. The average molecular weight is 196 g/mol. The molecule has 1 rings (SSSR count). The number of amides is 1. The van der Waals surface area contributed by atoms with Crippen LogP contribution in [-0.4, -0.2) is 5.91 Å². The Labute approximate surface area is 81.9 Å². The molecule has 4 N–H and O–H groups in total. The van der Waals surface area contributed by atoms with E-state index in [9.17, 15) is 9.18 Å². The van der Waals surface area contributed by atoms with E-state index in [1.165, 1.54) is 18.2 Å². The third-order valence-electron chi connectivity index (χ3n) is 2.35. The predicted molar refractivity (Wildman–Crippen MR) is 51.8 cm³/mol. The summed E-state index contributed by atoms with van der Waals surface area (Å²) in [6, 6.07) is 5.90. The molecule has 3 nitrogen and oxygen atoms in total. The molecular formula is C10H13FN2O. The fourth-order valence-corrected chi connectivity index (χ4v) is 1.32. The van der Waals surface area contributed by atoms with Crippen molar-refractivity contribution < 1.29 is 9.18 Å². The largest absolute Gasteiger partial charge is 0.368 e. The van der Waals surface area contributed by atoms with Crippen LogP contribution in [0.15, 0.2) is 24.3 Å². The van der Waals surface area contributed by atoms with Crippen molar-refractivity contribution in [2.24, 2.45) is 11.5 Å². The fraction of sp³-hybridized carbons (Fsp3) is 0.300. The van der Waals surface area contributed by atoms with E-state index >= 15 is 0 Å². The molecule has 0 saturated heterocycles. The Morgan fingerprint density at radius 3 is 2.50 bits per heavy atom. The molecule has 0 aliphatic carbocycles. The Balaban J connectivity index is 3.26. The number of nitrogens with two attached hydrogens (primary N) is 2. The lowest BCUT2D eigenvalue weighted by molar-refractivity contribution is -0.123. The molecule has 14 heavy (non-hydrogen) atoms. The molecule has 1 atom stereocenters. The van der Waals surface area contributed by atoms with Gasteiger partial charge in [0.2, 0.25) is 5.91 Å². The van der Waals surface area contributed by atoms with E-state index < -0.39 is 17.3 Å². The van der Waals surface area contributed by atoms with Gasteiger partial charge in [0.05, 0.1) is 0 Å². The van der Waals surface area contributed by atoms with Gasteiger partial charge in [0.25, 0.3) is 0 Å². The molecule has 0 heterocycles. The first-order valence-electron chi connectivity index (χ1n) is 4.36. The second kappa shape index (κ2) is 3.75. The number of halogens is 1. The first kappa shape index (κ1) is 10.7. The van der Waals surface area contributed by atoms with Gasteiger partial charge >= 0.3 is 0 Å². The third kappa shape index (κ3) is 1.61. The van der Waals surface area contributed by atoms with Crippen LogP contribution < -0.4 is 11.5 Å². The van der Waals surface area contributed by atoms with E-state index in [1.54, 1.807) is 13.0 Å². The summed E-state index contributed by atoms with van der Waals surface area (Å²) in [4.78, 5) is 11.1. The highest BCUT2D eigenvalue weighted by Gasteiger charge is 2.34. The van der Waals surface area contributed by atoms with Crippen molar-refractivity contribution in [3.05, 3.63) is 35.6 Å². The molecular weight excluding hydrogens is 183 g/mol. The van der Waals surface area contributed by atoms with E-state index in [0.29, 0.717) is 0 Å². The lowest BCUT2D eigenvalue weighted by Crippen LogP contribution is -2.49. The Kier molecular flexibility index (Phi) is 2.86. The number of hydrogen-bond donors (Lipinski definition) is 2. The first-order chi connectivity index (χ1) is 6.52. The van der Waals surface area contributed by atoms with Gasteiger partial charge in [-0.05, 0) is 12.5 Å². The predicted octanol–water partition coefficient (Wildman–Crippen LogP) is 0.875. The van der Waals surface area contributed by atoms with Gasteiger partial charge in [-0.2, -0.15) is 0 Å². The standard InChI is InChI=1S/C10H13FN2O/c1-2-10(13,9(12)14)7-5-3-4-6-8(7)11/h3-6H,2,13H2,1H3,(H2,12,14). The SMILES string of the molecule is CCC(N)(C(N)=O)c1ccccc1F. The molecule has 0 aliphatic rings. The molecule has 0 bridgehead atoms. The zero-order valence-electron chi connectivity index (χ0n) is 7.96. The van der Waals surface area contributed by atoms with Crippen LogP contribution in [-0.2, 0) is 10.3 Å². The van der Waals surface area contributed by atoms with Crippen molar-refractivity contribution in [2.75, 3.05) is 0 Å². The number of benzene rings is 1. The summed E-state index contributed by atoms with van der Waals surface area (Å²) in [5.41, 5.74) is 9.64. The van der Waals surface area contributed by atoms with E-state index in [1.807, 2.05) is 0 Å². The second-order valence-corrected chi connectivity index (χ2v) is 3.17. The minimum absolute atomic E-state index is 0.148. The normalized spacial score (nSPS) is 14.8. The molecule has 0 spiro atoms. The Hall–Kier alpha value is -1.42. The van der Waals surface area contributed by atoms with Gasteiger partial charge in [-0.1, -0.05) is 25.1 Å². The monoisotopic (exact) mass is 196 g/mol. The van der Waals surface area contributed by atoms with Gasteiger partial charge in [0.15, 0.2) is 0 Å². The maximum absolute atomic E-state index is 13.3. The van der Waals surface area contributed by atoms with Gasteiger partial charge in [-0.3, -0.25) is 4.79 Å². The number of carbonyl (C=O) groups is 1. The highest BCUT2D eigenvalue weighted by molar-refractivity contribution is 5.85. The minimum Gasteiger partial charge on any atom is -0.368 e. The summed E-state index contributed by atoms with van der Waals surface area (Å²) >= 11 is 0. The van der Waals surface area contributed by atoms with Crippen LogP contribution in [0.4, 0.5) is 4.39 Å². The number of rotatable bonds is 3. The minimum atomic E-state index is -1.41. The van der Waals surface area contributed by atoms with Crippen LogP contribution in [0.3, 0.4) is 0 Å². The summed E-state index contributed by atoms with van der Waals surface area (Å²) in [6.07, 6.45) is 0.267. The molecule has 0 aromatic heterocycles. The van der Waals surface area contributed by atoms with Crippen LogP contribution in [0.5, 0.6) is 0 Å². The van der Waals surface area contributed by atoms with Gasteiger partial charge in [0, 0.05) is 5.56 Å². The van der Waals surface area contributed by atoms with Gasteiger partial charge in [-0.15, -0.1) is 0 Å². The smallest absolute Gasteiger partial charge is 0.242 e. The highest BCUT2D eigenvalue weighted by atomic mass is 19.1. The Morgan fingerprint density at radius 2 is 2.07 bits per heavy atom. The number of primary amides is 1. The molecule has 0 saturated carbocycles. The first-order valence-corrected chi connectivity index (χ1v) is 4.36. The van der Waals surface area contributed by atoms with Gasteiger partial charge in [0.1, 0.15) is 11.4 Å². The molecule has 0 fully saturated rings.